The number of rotatable bonds is 41. The van der Waals surface area contributed by atoms with E-state index in [4.69, 9.17) is 4.74 Å². The highest BCUT2D eigenvalue weighted by atomic mass is 35.5. The van der Waals surface area contributed by atoms with Crippen LogP contribution in [0, 0.1) is 0 Å². The molecule has 0 rings (SSSR count). The van der Waals surface area contributed by atoms with E-state index in [0.29, 0.717) is 23.9 Å². The van der Waals surface area contributed by atoms with Gasteiger partial charge in [0.15, 0.2) is 6.10 Å². The lowest BCUT2D eigenvalue weighted by atomic mass is 10.0. The van der Waals surface area contributed by atoms with Gasteiger partial charge < -0.3 is 19.4 Å². The molecule has 1 N–H and O–H groups in total. The van der Waals surface area contributed by atoms with Crippen LogP contribution in [0.2, 0.25) is 0 Å². The highest BCUT2D eigenvalue weighted by Gasteiger charge is 2.29. The van der Waals surface area contributed by atoms with Crippen molar-refractivity contribution in [2.45, 2.75) is 258 Å². The molecular formula is C46H93ClN2O4. The van der Waals surface area contributed by atoms with E-state index >= 15 is 0 Å². The second-order valence-corrected chi connectivity index (χ2v) is 16.9. The Hall–Kier alpha value is -0.850. The predicted octanol–water partition coefficient (Wildman–Crippen LogP) is 13.2. The monoisotopic (exact) mass is 773 g/mol. The summed E-state index contributed by atoms with van der Waals surface area (Å²) in [6.45, 7) is 7.96. The van der Waals surface area contributed by atoms with Crippen LogP contribution in [-0.2, 0) is 9.53 Å². The lowest BCUT2D eigenvalue weighted by Crippen LogP contribution is -2.50. The number of carbonyl (C=O) groups excluding carboxylic acids is 1. The highest BCUT2D eigenvalue weighted by Crippen LogP contribution is 2.17. The fourth-order valence-corrected chi connectivity index (χ4v) is 7.53. The normalized spacial score (nSPS) is 13.2. The van der Waals surface area contributed by atoms with Gasteiger partial charge in [0.1, 0.15) is 6.54 Å². The Morgan fingerprint density at radius 1 is 0.528 bits per heavy atom. The van der Waals surface area contributed by atoms with E-state index in [-0.39, 0.29) is 24.3 Å². The molecule has 0 aliphatic carbocycles. The van der Waals surface area contributed by atoms with Crippen LogP contribution in [0.1, 0.15) is 245 Å². The number of aliphatic imine (C=N–C) groups is 1. The molecular weight excluding hydrogens is 680 g/mol. The quantitative estimate of drug-likeness (QED) is 0.0221. The van der Waals surface area contributed by atoms with Crippen LogP contribution in [0.3, 0.4) is 0 Å². The molecule has 7 heteroatoms. The molecule has 0 aromatic carbocycles. The molecule has 2 atom stereocenters. The van der Waals surface area contributed by atoms with Gasteiger partial charge in [-0.05, 0) is 31.6 Å². The molecule has 6 nitrogen and oxygen atoms in total. The van der Waals surface area contributed by atoms with Crippen LogP contribution < -0.4 is 5.11 Å². The molecule has 0 bridgehead atoms. The van der Waals surface area contributed by atoms with Gasteiger partial charge in [0, 0.05) is 6.42 Å². The first-order valence-corrected chi connectivity index (χ1v) is 23.2. The minimum atomic E-state index is -1.11. The number of hydrogen-bond acceptors (Lipinski definition) is 5. The number of carbonyl (C=O) groups is 1. The summed E-state index contributed by atoms with van der Waals surface area (Å²) in [5.74, 6) is -0.612. The Morgan fingerprint density at radius 3 is 1.15 bits per heavy atom. The molecule has 0 aliphatic rings. The number of likely N-dealkylation sites (N-methyl/N-ethyl adjacent to an activating group) is 1. The molecule has 0 aromatic heterocycles. The summed E-state index contributed by atoms with van der Waals surface area (Å²) in [7, 11) is 4.11. The maximum Gasteiger partial charge on any atom is 0.307 e. The Balaban J connectivity index is 0. The molecule has 53 heavy (non-hydrogen) atoms. The van der Waals surface area contributed by atoms with E-state index in [2.05, 4.69) is 39.9 Å². The molecule has 0 aliphatic heterocycles. The van der Waals surface area contributed by atoms with Crippen molar-refractivity contribution in [2.24, 2.45) is 4.99 Å². The first-order valence-electron chi connectivity index (χ1n) is 23.2. The SMILES string of the molecule is CCCCCCCCCCCCCCCCCCCC([O-])=NC(OC(=O)CCCCCCCCCCCCCCCCC)C(O)C[N+](C)(C)CCC.Cl. The average Bonchev–Trinajstić information content (AvgIpc) is 3.10. The van der Waals surface area contributed by atoms with E-state index in [1.54, 1.807) is 0 Å². The average molecular weight is 774 g/mol. The van der Waals surface area contributed by atoms with Gasteiger partial charge in [-0.25, -0.2) is 0 Å². The molecule has 0 spiro atoms. The Bertz CT molecular complexity index is 793. The molecule has 0 radical (unpaired) electrons. The zero-order valence-electron chi connectivity index (χ0n) is 36.3. The third-order valence-corrected chi connectivity index (χ3v) is 10.8. The minimum Gasteiger partial charge on any atom is -0.862 e. The summed E-state index contributed by atoms with van der Waals surface area (Å²) >= 11 is 0. The largest absolute Gasteiger partial charge is 0.862 e. The number of halogens is 1. The van der Waals surface area contributed by atoms with Crippen molar-refractivity contribution in [3.8, 4) is 0 Å². The van der Waals surface area contributed by atoms with Crippen molar-refractivity contribution in [1.29, 1.82) is 0 Å². The number of quaternary nitrogens is 1. The summed E-state index contributed by atoms with van der Waals surface area (Å²) in [5, 5.41) is 23.9. The molecule has 0 saturated heterocycles. The van der Waals surface area contributed by atoms with Gasteiger partial charge in [-0.1, -0.05) is 213 Å². The van der Waals surface area contributed by atoms with Crippen LogP contribution >= 0.6 is 12.4 Å². The van der Waals surface area contributed by atoms with Gasteiger partial charge in [0.25, 0.3) is 0 Å². The third kappa shape index (κ3) is 39.2. The van der Waals surface area contributed by atoms with Crippen LogP contribution in [0.4, 0.5) is 0 Å². The molecule has 0 heterocycles. The van der Waals surface area contributed by atoms with E-state index in [9.17, 15) is 15.0 Å². The summed E-state index contributed by atoms with van der Waals surface area (Å²) in [5.41, 5.74) is 0. The zero-order chi connectivity index (χ0) is 38.4. The fraction of sp³-hybridized carbons (Fsp3) is 0.957. The topological polar surface area (TPSA) is 82.0 Å². The van der Waals surface area contributed by atoms with E-state index < -0.39 is 12.3 Å². The summed E-state index contributed by atoms with van der Waals surface area (Å²) in [6.07, 6.45) is 40.9. The summed E-state index contributed by atoms with van der Waals surface area (Å²) in [6, 6.07) is 0. The molecule has 0 fully saturated rings. The van der Waals surface area contributed by atoms with Crippen LogP contribution in [-0.4, -0.2) is 61.0 Å². The zero-order valence-corrected chi connectivity index (χ0v) is 37.1. The van der Waals surface area contributed by atoms with Gasteiger partial charge in [0.2, 0.25) is 6.23 Å². The lowest BCUT2D eigenvalue weighted by molar-refractivity contribution is -0.893. The second kappa shape index (κ2) is 40.8. The minimum absolute atomic E-state index is 0. The summed E-state index contributed by atoms with van der Waals surface area (Å²) < 4.78 is 6.27. The molecule has 318 valence electrons. The number of aliphatic hydroxyl groups excluding tert-OH is 1. The van der Waals surface area contributed by atoms with E-state index in [1.165, 1.54) is 167 Å². The van der Waals surface area contributed by atoms with Gasteiger partial charge >= 0.3 is 5.97 Å². The van der Waals surface area contributed by atoms with Crippen LogP contribution in [0.15, 0.2) is 4.99 Å². The maximum absolute atomic E-state index is 12.8. The molecule has 0 aromatic rings. The lowest BCUT2D eigenvalue weighted by Gasteiger charge is -2.33. The molecule has 2 unspecified atom stereocenters. The Morgan fingerprint density at radius 2 is 0.830 bits per heavy atom. The number of hydrogen-bond donors (Lipinski definition) is 1. The van der Waals surface area contributed by atoms with Gasteiger partial charge in [0.05, 0.1) is 20.6 Å². The number of unbranched alkanes of at least 4 members (excludes halogenated alkanes) is 30. The maximum atomic E-state index is 12.8. The van der Waals surface area contributed by atoms with E-state index in [1.807, 2.05) is 0 Å². The number of aliphatic hydroxyl groups is 1. The van der Waals surface area contributed by atoms with Crippen LogP contribution in [0.5, 0.6) is 0 Å². The van der Waals surface area contributed by atoms with E-state index in [0.717, 1.165) is 51.5 Å². The van der Waals surface area contributed by atoms with Crippen molar-refractivity contribution in [2.75, 3.05) is 27.2 Å². The van der Waals surface area contributed by atoms with Crippen molar-refractivity contribution in [3.05, 3.63) is 0 Å². The van der Waals surface area contributed by atoms with Gasteiger partial charge in [-0.2, -0.15) is 0 Å². The van der Waals surface area contributed by atoms with Crippen molar-refractivity contribution in [3.63, 3.8) is 0 Å². The van der Waals surface area contributed by atoms with Crippen LogP contribution in [0.25, 0.3) is 0 Å². The third-order valence-electron chi connectivity index (χ3n) is 10.8. The standard InChI is InChI=1S/C46H92N2O4.ClH/c1-6-9-11-13-15-17-19-21-23-24-26-27-29-31-33-35-37-39-44(50)47-46(43(49)42-48(4,5)41-8-3)52-45(51)40-38-36-34-32-30-28-25-22-20-18-16-14-12-10-7-2;/h43,46,49H,6-42H2,1-5H3;1H. The van der Waals surface area contributed by atoms with Crippen molar-refractivity contribution >= 4 is 24.3 Å². The van der Waals surface area contributed by atoms with Crippen molar-refractivity contribution < 1.29 is 24.2 Å². The Kier molecular flexibility index (Phi) is 41.8. The first-order chi connectivity index (χ1) is 25.3. The second-order valence-electron chi connectivity index (χ2n) is 16.9. The molecule has 0 saturated carbocycles. The molecule has 0 amide bonds. The number of esters is 1. The predicted molar refractivity (Wildman–Crippen MR) is 231 cm³/mol. The first kappa shape index (κ1) is 54.3. The number of ether oxygens (including phenoxy) is 1. The summed E-state index contributed by atoms with van der Waals surface area (Å²) in [4.78, 5) is 17.0. The van der Waals surface area contributed by atoms with Gasteiger partial charge in [-0.15, -0.1) is 12.4 Å². The highest BCUT2D eigenvalue weighted by molar-refractivity contribution is 5.85. The Labute approximate surface area is 337 Å². The number of nitrogens with zero attached hydrogens (tertiary/aromatic N) is 2. The van der Waals surface area contributed by atoms with Crippen molar-refractivity contribution in [1.82, 2.24) is 0 Å². The fourth-order valence-electron chi connectivity index (χ4n) is 7.53. The van der Waals surface area contributed by atoms with Gasteiger partial charge in [-0.3, -0.25) is 9.79 Å². The smallest absolute Gasteiger partial charge is 0.307 e.